The number of ether oxygens (including phenoxy) is 1. The quantitative estimate of drug-likeness (QED) is 0.673. The van der Waals surface area contributed by atoms with E-state index in [0.717, 1.165) is 32.5 Å². The van der Waals surface area contributed by atoms with Crippen LogP contribution in [0, 0.1) is 0 Å². The van der Waals surface area contributed by atoms with Crippen LogP contribution in [0.4, 0.5) is 5.69 Å². The van der Waals surface area contributed by atoms with Gasteiger partial charge in [0, 0.05) is 41.9 Å². The Kier molecular flexibility index (Phi) is 7.95. The Morgan fingerprint density at radius 2 is 1.93 bits per heavy atom. The number of nitrogens with zero attached hydrogens (tertiary/aromatic N) is 1. The summed E-state index contributed by atoms with van der Waals surface area (Å²) in [4.78, 5) is 15.1. The minimum absolute atomic E-state index is 0. The van der Waals surface area contributed by atoms with Crippen molar-refractivity contribution in [2.75, 3.05) is 25.9 Å². The summed E-state index contributed by atoms with van der Waals surface area (Å²) >= 11 is 3.38. The standard InChI is InChI=1S/C20H24BrN3O2.ClH/c1-26-19-12-18(22)17(21)11-16(19)20(25)23-15-7-9-24(10-8-15)13-14-5-3-2-4-6-14;/h2-6,11-12,15H,7-10,13,22H2,1H3,(H,23,25);1H. The molecule has 5 nitrogen and oxygen atoms in total. The summed E-state index contributed by atoms with van der Waals surface area (Å²) in [5.74, 6) is 0.369. The fourth-order valence-electron chi connectivity index (χ4n) is 3.26. The van der Waals surface area contributed by atoms with Crippen LogP contribution in [-0.2, 0) is 6.54 Å². The molecule has 1 heterocycles. The minimum Gasteiger partial charge on any atom is -0.496 e. The van der Waals surface area contributed by atoms with Gasteiger partial charge in [0.1, 0.15) is 5.75 Å². The van der Waals surface area contributed by atoms with Crippen molar-refractivity contribution in [3.8, 4) is 5.75 Å². The zero-order valence-electron chi connectivity index (χ0n) is 15.3. The van der Waals surface area contributed by atoms with E-state index in [9.17, 15) is 4.79 Å². The van der Waals surface area contributed by atoms with Crippen LogP contribution >= 0.6 is 28.3 Å². The van der Waals surface area contributed by atoms with Gasteiger partial charge >= 0.3 is 0 Å². The molecular weight excluding hydrogens is 430 g/mol. The number of anilines is 1. The van der Waals surface area contributed by atoms with E-state index in [-0.39, 0.29) is 24.4 Å². The van der Waals surface area contributed by atoms with Crippen LogP contribution in [0.25, 0.3) is 0 Å². The van der Waals surface area contributed by atoms with E-state index in [1.165, 1.54) is 5.56 Å². The van der Waals surface area contributed by atoms with Crippen molar-refractivity contribution >= 4 is 39.9 Å². The van der Waals surface area contributed by atoms with Gasteiger partial charge in [-0.1, -0.05) is 30.3 Å². The molecule has 0 radical (unpaired) electrons. The first-order valence-corrected chi connectivity index (χ1v) is 9.56. The smallest absolute Gasteiger partial charge is 0.255 e. The molecule has 2 aromatic carbocycles. The highest BCUT2D eigenvalue weighted by Crippen LogP contribution is 2.29. The largest absolute Gasteiger partial charge is 0.496 e. The second kappa shape index (κ2) is 9.97. The number of methoxy groups -OCH3 is 1. The fraction of sp³-hybridized carbons (Fsp3) is 0.350. The lowest BCUT2D eigenvalue weighted by Crippen LogP contribution is -2.44. The van der Waals surface area contributed by atoms with E-state index in [0.29, 0.717) is 21.5 Å². The van der Waals surface area contributed by atoms with Gasteiger partial charge in [-0.3, -0.25) is 9.69 Å². The second-order valence-electron chi connectivity index (χ2n) is 6.58. The number of amides is 1. The molecule has 1 aliphatic heterocycles. The Balaban J connectivity index is 0.00000261. The molecule has 0 saturated carbocycles. The molecule has 0 aliphatic carbocycles. The maximum Gasteiger partial charge on any atom is 0.255 e. The normalized spacial score (nSPS) is 15.0. The lowest BCUT2D eigenvalue weighted by molar-refractivity contribution is 0.0906. The Hall–Kier alpha value is -1.76. The summed E-state index contributed by atoms with van der Waals surface area (Å²) in [7, 11) is 1.54. The molecule has 3 N–H and O–H groups in total. The van der Waals surface area contributed by atoms with E-state index in [1.807, 2.05) is 6.07 Å². The first-order valence-electron chi connectivity index (χ1n) is 8.77. The van der Waals surface area contributed by atoms with Crippen LogP contribution in [0.5, 0.6) is 5.75 Å². The van der Waals surface area contributed by atoms with Gasteiger partial charge in [0.05, 0.1) is 12.7 Å². The van der Waals surface area contributed by atoms with Gasteiger partial charge < -0.3 is 15.8 Å². The summed E-state index contributed by atoms with van der Waals surface area (Å²) in [5, 5.41) is 3.13. The molecular formula is C20H25BrClN3O2. The lowest BCUT2D eigenvalue weighted by atomic mass is 10.0. The summed E-state index contributed by atoms with van der Waals surface area (Å²) in [6.45, 7) is 2.91. The maximum atomic E-state index is 12.7. The molecule has 0 bridgehead atoms. The molecule has 1 saturated heterocycles. The van der Waals surface area contributed by atoms with E-state index in [1.54, 1.807) is 19.2 Å². The molecule has 0 aromatic heterocycles. The van der Waals surface area contributed by atoms with Gasteiger partial charge in [-0.15, -0.1) is 12.4 Å². The zero-order chi connectivity index (χ0) is 18.5. The Labute approximate surface area is 174 Å². The van der Waals surface area contributed by atoms with Crippen molar-refractivity contribution in [1.29, 1.82) is 0 Å². The number of carbonyl (C=O) groups excluding carboxylic acids is 1. The average Bonchev–Trinajstić information content (AvgIpc) is 2.66. The fourth-order valence-corrected chi connectivity index (χ4v) is 3.60. The molecule has 0 unspecified atom stereocenters. The van der Waals surface area contributed by atoms with Crippen LogP contribution in [0.2, 0.25) is 0 Å². The maximum absolute atomic E-state index is 12.7. The minimum atomic E-state index is -0.121. The van der Waals surface area contributed by atoms with E-state index < -0.39 is 0 Å². The number of nitrogens with one attached hydrogen (secondary N) is 1. The molecule has 2 aromatic rings. The van der Waals surface area contributed by atoms with Gasteiger partial charge in [-0.25, -0.2) is 0 Å². The van der Waals surface area contributed by atoms with Crippen LogP contribution in [0.1, 0.15) is 28.8 Å². The number of piperidine rings is 1. The third kappa shape index (κ3) is 5.61. The van der Waals surface area contributed by atoms with Crippen LogP contribution in [0.3, 0.4) is 0 Å². The molecule has 1 amide bonds. The number of rotatable bonds is 5. The van der Waals surface area contributed by atoms with Gasteiger partial charge in [0.2, 0.25) is 0 Å². The van der Waals surface area contributed by atoms with Gasteiger partial charge in [-0.05, 0) is 40.4 Å². The molecule has 0 atom stereocenters. The van der Waals surface area contributed by atoms with Crippen LogP contribution < -0.4 is 15.8 Å². The first-order chi connectivity index (χ1) is 12.6. The predicted octanol–water partition coefficient (Wildman–Crippen LogP) is 3.86. The van der Waals surface area contributed by atoms with Crippen molar-refractivity contribution in [2.24, 2.45) is 0 Å². The van der Waals surface area contributed by atoms with E-state index in [4.69, 9.17) is 10.5 Å². The van der Waals surface area contributed by atoms with Crippen molar-refractivity contribution in [3.05, 3.63) is 58.1 Å². The topological polar surface area (TPSA) is 67.6 Å². The SMILES string of the molecule is COc1cc(N)c(Br)cc1C(=O)NC1CCN(Cc2ccccc2)CC1.Cl. The first kappa shape index (κ1) is 21.5. The summed E-state index contributed by atoms with van der Waals surface area (Å²) in [6.07, 6.45) is 1.88. The monoisotopic (exact) mass is 453 g/mol. The number of nitrogen functional groups attached to an aromatic ring is 1. The van der Waals surface area contributed by atoms with Gasteiger partial charge in [0.15, 0.2) is 0 Å². The zero-order valence-corrected chi connectivity index (χ0v) is 17.7. The lowest BCUT2D eigenvalue weighted by Gasteiger charge is -2.32. The summed E-state index contributed by atoms with van der Waals surface area (Å²) < 4.78 is 6.00. The molecule has 146 valence electrons. The second-order valence-corrected chi connectivity index (χ2v) is 7.44. The highest BCUT2D eigenvalue weighted by molar-refractivity contribution is 9.10. The Bertz CT molecular complexity index is 765. The van der Waals surface area contributed by atoms with Gasteiger partial charge in [-0.2, -0.15) is 0 Å². The third-order valence-electron chi connectivity index (χ3n) is 4.74. The number of carbonyl (C=O) groups is 1. The molecule has 7 heteroatoms. The highest BCUT2D eigenvalue weighted by atomic mass is 79.9. The number of hydrogen-bond acceptors (Lipinski definition) is 4. The van der Waals surface area contributed by atoms with Crippen molar-refractivity contribution in [1.82, 2.24) is 10.2 Å². The molecule has 1 fully saturated rings. The summed E-state index contributed by atoms with van der Waals surface area (Å²) in [5.41, 5.74) is 8.24. The predicted molar refractivity (Wildman–Crippen MR) is 115 cm³/mol. The molecule has 3 rings (SSSR count). The molecule has 0 spiro atoms. The number of likely N-dealkylation sites (tertiary alicyclic amines) is 1. The van der Waals surface area contributed by atoms with Crippen LogP contribution in [-0.4, -0.2) is 37.0 Å². The van der Waals surface area contributed by atoms with Gasteiger partial charge in [0.25, 0.3) is 5.91 Å². The van der Waals surface area contributed by atoms with Crippen LogP contribution in [0.15, 0.2) is 46.9 Å². The number of nitrogens with two attached hydrogens (primary N) is 1. The van der Waals surface area contributed by atoms with E-state index in [2.05, 4.69) is 50.4 Å². The number of halogens is 2. The average molecular weight is 455 g/mol. The highest BCUT2D eigenvalue weighted by Gasteiger charge is 2.23. The van der Waals surface area contributed by atoms with Crippen molar-refractivity contribution in [2.45, 2.75) is 25.4 Å². The number of hydrogen-bond donors (Lipinski definition) is 2. The van der Waals surface area contributed by atoms with E-state index >= 15 is 0 Å². The summed E-state index contributed by atoms with van der Waals surface area (Å²) in [6, 6.07) is 14.0. The van der Waals surface area contributed by atoms with Crippen molar-refractivity contribution in [3.63, 3.8) is 0 Å². The molecule has 27 heavy (non-hydrogen) atoms. The van der Waals surface area contributed by atoms with Crippen molar-refractivity contribution < 1.29 is 9.53 Å². The Morgan fingerprint density at radius 3 is 2.56 bits per heavy atom. The molecule has 1 aliphatic rings. The Morgan fingerprint density at radius 1 is 1.26 bits per heavy atom. The third-order valence-corrected chi connectivity index (χ3v) is 5.42. The number of benzene rings is 2.